The van der Waals surface area contributed by atoms with Gasteiger partial charge in [-0.2, -0.15) is 0 Å². The SMILES string of the molecule is Cc1nc2cc(C(C=O)N(C)C)ccc2n1C. The number of likely N-dealkylation sites (N-methyl/N-ethyl adjacent to an activating group) is 1. The predicted octanol–water partition coefficient (Wildman–Crippen LogP) is 1.68. The van der Waals surface area contributed by atoms with E-state index in [-0.39, 0.29) is 6.04 Å². The van der Waals surface area contributed by atoms with E-state index < -0.39 is 0 Å². The van der Waals surface area contributed by atoms with Crippen molar-refractivity contribution in [3.63, 3.8) is 0 Å². The van der Waals surface area contributed by atoms with Crippen molar-refractivity contribution in [3.05, 3.63) is 29.6 Å². The molecule has 2 rings (SSSR count). The number of imidazole rings is 1. The van der Waals surface area contributed by atoms with E-state index in [0.717, 1.165) is 28.7 Å². The smallest absolute Gasteiger partial charge is 0.141 e. The highest BCUT2D eigenvalue weighted by atomic mass is 16.1. The van der Waals surface area contributed by atoms with Crippen molar-refractivity contribution < 1.29 is 4.79 Å². The van der Waals surface area contributed by atoms with Gasteiger partial charge < -0.3 is 9.36 Å². The standard InChI is InChI=1S/C13H17N3O/c1-9-14-11-7-10(13(8-17)15(2)3)5-6-12(11)16(9)4/h5-8,13H,1-4H3. The number of fused-ring (bicyclic) bond motifs is 1. The van der Waals surface area contributed by atoms with Gasteiger partial charge in [0.05, 0.1) is 17.1 Å². The maximum absolute atomic E-state index is 11.1. The molecule has 1 atom stereocenters. The second-order valence-electron chi connectivity index (χ2n) is 4.51. The number of carbonyl (C=O) groups is 1. The normalized spacial score (nSPS) is 13.2. The lowest BCUT2D eigenvalue weighted by atomic mass is 10.1. The molecule has 0 aliphatic rings. The molecule has 0 bridgehead atoms. The van der Waals surface area contributed by atoms with Crippen LogP contribution in [0.1, 0.15) is 17.4 Å². The first-order chi connectivity index (χ1) is 8.04. The van der Waals surface area contributed by atoms with E-state index in [0.29, 0.717) is 0 Å². The summed E-state index contributed by atoms with van der Waals surface area (Å²) < 4.78 is 2.05. The Morgan fingerprint density at radius 1 is 1.41 bits per heavy atom. The van der Waals surface area contributed by atoms with Crippen molar-refractivity contribution in [3.8, 4) is 0 Å². The molecule has 90 valence electrons. The van der Waals surface area contributed by atoms with Gasteiger partial charge in [-0.3, -0.25) is 4.90 Å². The summed E-state index contributed by atoms with van der Waals surface area (Å²) in [5.41, 5.74) is 3.02. The summed E-state index contributed by atoms with van der Waals surface area (Å²) in [6, 6.07) is 5.79. The molecule has 0 spiro atoms. The van der Waals surface area contributed by atoms with Crippen LogP contribution in [0.2, 0.25) is 0 Å². The van der Waals surface area contributed by atoms with E-state index in [1.54, 1.807) is 0 Å². The highest BCUT2D eigenvalue weighted by Gasteiger charge is 2.14. The van der Waals surface area contributed by atoms with Crippen LogP contribution >= 0.6 is 0 Å². The second-order valence-corrected chi connectivity index (χ2v) is 4.51. The van der Waals surface area contributed by atoms with Crippen molar-refractivity contribution in [1.29, 1.82) is 0 Å². The average molecular weight is 231 g/mol. The molecule has 0 saturated heterocycles. The average Bonchev–Trinajstić information content (AvgIpc) is 2.55. The van der Waals surface area contributed by atoms with Crippen molar-refractivity contribution in [1.82, 2.24) is 14.5 Å². The molecule has 0 radical (unpaired) electrons. The van der Waals surface area contributed by atoms with E-state index in [1.165, 1.54) is 0 Å². The third-order valence-electron chi connectivity index (χ3n) is 3.16. The summed E-state index contributed by atoms with van der Waals surface area (Å²) in [5.74, 6) is 0.977. The molecule has 4 heteroatoms. The van der Waals surface area contributed by atoms with Crippen LogP contribution < -0.4 is 0 Å². The molecule has 0 aliphatic carbocycles. The van der Waals surface area contributed by atoms with E-state index in [4.69, 9.17) is 0 Å². The highest BCUT2D eigenvalue weighted by Crippen LogP contribution is 2.22. The van der Waals surface area contributed by atoms with Gasteiger partial charge in [0.1, 0.15) is 12.1 Å². The Bertz CT molecular complexity index is 557. The van der Waals surface area contributed by atoms with E-state index in [1.807, 2.05) is 55.7 Å². The first kappa shape index (κ1) is 11.8. The number of rotatable bonds is 3. The zero-order valence-electron chi connectivity index (χ0n) is 10.6. The van der Waals surface area contributed by atoms with Crippen LogP contribution in [0.4, 0.5) is 0 Å². The largest absolute Gasteiger partial charge is 0.331 e. The molecular weight excluding hydrogens is 214 g/mol. The van der Waals surface area contributed by atoms with Crippen LogP contribution in [0.3, 0.4) is 0 Å². The maximum Gasteiger partial charge on any atom is 0.141 e. The Balaban J connectivity index is 2.54. The number of aryl methyl sites for hydroxylation is 2. The first-order valence-electron chi connectivity index (χ1n) is 5.59. The summed E-state index contributed by atoms with van der Waals surface area (Å²) >= 11 is 0. The molecule has 0 fully saturated rings. The quantitative estimate of drug-likeness (QED) is 0.754. The number of aromatic nitrogens is 2. The molecule has 17 heavy (non-hydrogen) atoms. The molecule has 1 unspecified atom stereocenters. The van der Waals surface area contributed by atoms with E-state index >= 15 is 0 Å². The van der Waals surface area contributed by atoms with Gasteiger partial charge in [0, 0.05) is 7.05 Å². The number of hydrogen-bond acceptors (Lipinski definition) is 3. The minimum Gasteiger partial charge on any atom is -0.331 e. The fourth-order valence-corrected chi connectivity index (χ4v) is 2.02. The van der Waals surface area contributed by atoms with Crippen LogP contribution in [-0.4, -0.2) is 34.8 Å². The number of hydrogen-bond donors (Lipinski definition) is 0. The van der Waals surface area contributed by atoms with Gasteiger partial charge in [-0.1, -0.05) is 6.07 Å². The van der Waals surface area contributed by atoms with Gasteiger partial charge in [0.15, 0.2) is 0 Å². The van der Waals surface area contributed by atoms with Crippen LogP contribution in [0, 0.1) is 6.92 Å². The van der Waals surface area contributed by atoms with Gasteiger partial charge in [0.2, 0.25) is 0 Å². The van der Waals surface area contributed by atoms with Crippen molar-refractivity contribution >= 4 is 17.3 Å². The maximum atomic E-state index is 11.1. The molecule has 1 aromatic carbocycles. The minimum absolute atomic E-state index is 0.207. The third kappa shape index (κ3) is 1.96. The van der Waals surface area contributed by atoms with Crippen LogP contribution in [0.5, 0.6) is 0 Å². The molecule has 1 heterocycles. The van der Waals surface area contributed by atoms with Gasteiger partial charge in [-0.25, -0.2) is 4.98 Å². The predicted molar refractivity (Wildman–Crippen MR) is 67.9 cm³/mol. The molecule has 1 aromatic heterocycles. The Morgan fingerprint density at radius 3 is 2.71 bits per heavy atom. The lowest BCUT2D eigenvalue weighted by Crippen LogP contribution is -2.20. The summed E-state index contributed by atoms with van der Waals surface area (Å²) in [6.07, 6.45) is 0.955. The van der Waals surface area contributed by atoms with Gasteiger partial charge in [0.25, 0.3) is 0 Å². The summed E-state index contributed by atoms with van der Waals surface area (Å²) in [4.78, 5) is 17.5. The Kier molecular flexibility index (Phi) is 2.98. The molecule has 0 saturated carbocycles. The van der Waals surface area contributed by atoms with Crippen molar-refractivity contribution in [2.45, 2.75) is 13.0 Å². The Labute approximate surface area is 101 Å². The second kappa shape index (κ2) is 4.30. The fourth-order valence-electron chi connectivity index (χ4n) is 2.02. The summed E-state index contributed by atoms with van der Waals surface area (Å²) in [5, 5.41) is 0. The lowest BCUT2D eigenvalue weighted by molar-refractivity contribution is -0.111. The summed E-state index contributed by atoms with van der Waals surface area (Å²) in [7, 11) is 5.79. The van der Waals surface area contributed by atoms with E-state index in [2.05, 4.69) is 4.98 Å². The molecular formula is C13H17N3O. The Hall–Kier alpha value is -1.68. The van der Waals surface area contributed by atoms with Crippen molar-refractivity contribution in [2.75, 3.05) is 14.1 Å². The third-order valence-corrected chi connectivity index (χ3v) is 3.16. The number of aldehydes is 1. The number of benzene rings is 1. The number of carbonyl (C=O) groups excluding carboxylic acids is 1. The fraction of sp³-hybridized carbons (Fsp3) is 0.385. The lowest BCUT2D eigenvalue weighted by Gasteiger charge is -2.18. The molecule has 0 aliphatic heterocycles. The molecule has 0 amide bonds. The zero-order chi connectivity index (χ0) is 12.6. The van der Waals surface area contributed by atoms with Crippen LogP contribution in [0.15, 0.2) is 18.2 Å². The minimum atomic E-state index is -0.207. The van der Waals surface area contributed by atoms with Gasteiger partial charge >= 0.3 is 0 Å². The number of nitrogens with zero attached hydrogens (tertiary/aromatic N) is 3. The monoisotopic (exact) mass is 231 g/mol. The molecule has 2 aromatic rings. The zero-order valence-corrected chi connectivity index (χ0v) is 10.6. The Morgan fingerprint density at radius 2 is 2.12 bits per heavy atom. The van der Waals surface area contributed by atoms with Crippen LogP contribution in [-0.2, 0) is 11.8 Å². The first-order valence-corrected chi connectivity index (χ1v) is 5.59. The van der Waals surface area contributed by atoms with E-state index in [9.17, 15) is 4.79 Å². The van der Waals surface area contributed by atoms with Crippen molar-refractivity contribution in [2.24, 2.45) is 7.05 Å². The molecule has 0 N–H and O–H groups in total. The molecule has 4 nitrogen and oxygen atoms in total. The highest BCUT2D eigenvalue weighted by molar-refractivity contribution is 5.78. The van der Waals surface area contributed by atoms with Gasteiger partial charge in [-0.05, 0) is 38.7 Å². The van der Waals surface area contributed by atoms with Crippen LogP contribution in [0.25, 0.3) is 11.0 Å². The van der Waals surface area contributed by atoms with Gasteiger partial charge in [-0.15, -0.1) is 0 Å². The summed E-state index contributed by atoms with van der Waals surface area (Å²) in [6.45, 7) is 1.98. The topological polar surface area (TPSA) is 38.1 Å².